The summed E-state index contributed by atoms with van der Waals surface area (Å²) in [6.45, 7) is 10.4. The topological polar surface area (TPSA) is 93.1 Å². The minimum atomic E-state index is -4.09. The Morgan fingerprint density at radius 1 is 1.19 bits per heavy atom. The molecule has 0 spiro atoms. The van der Waals surface area contributed by atoms with E-state index in [1.807, 2.05) is 24.5 Å². The molecule has 1 aliphatic rings. The third kappa shape index (κ3) is 4.65. The van der Waals surface area contributed by atoms with Gasteiger partial charge in [0.15, 0.2) is 14.4 Å². The van der Waals surface area contributed by atoms with E-state index in [0.29, 0.717) is 12.2 Å². The maximum absolute atomic E-state index is 13.6. The normalized spacial score (nSPS) is 20.4. The SMILES string of the molecule is COc1ccc(S(=O)(=O)N2CCc3sccc3[C@@H](O[Si](C)(C)C(C)(C)C)[C@@H]2C(=O)O)cc1. The highest BCUT2D eigenvalue weighted by Gasteiger charge is 2.49. The quantitative estimate of drug-likeness (QED) is 0.590. The van der Waals surface area contributed by atoms with Crippen molar-refractivity contribution >= 4 is 35.6 Å². The fourth-order valence-corrected chi connectivity index (χ4v) is 7.24. The van der Waals surface area contributed by atoms with Gasteiger partial charge in [0.1, 0.15) is 5.75 Å². The Labute approximate surface area is 195 Å². The van der Waals surface area contributed by atoms with E-state index in [9.17, 15) is 18.3 Å². The molecule has 3 rings (SSSR count). The van der Waals surface area contributed by atoms with Gasteiger partial charge in [-0.25, -0.2) is 8.42 Å². The molecular formula is C22H31NO6S2Si. The number of carbonyl (C=O) groups is 1. The summed E-state index contributed by atoms with van der Waals surface area (Å²) in [7, 11) is -5.01. The molecule has 1 aliphatic heterocycles. The van der Waals surface area contributed by atoms with Crippen LogP contribution in [0.2, 0.25) is 18.1 Å². The molecule has 1 N–H and O–H groups in total. The molecule has 1 aromatic heterocycles. The molecular weight excluding hydrogens is 466 g/mol. The number of nitrogens with zero attached hydrogens (tertiary/aromatic N) is 1. The van der Waals surface area contributed by atoms with Crippen molar-refractivity contribution in [1.29, 1.82) is 0 Å². The lowest BCUT2D eigenvalue weighted by atomic mass is 10.0. The molecule has 176 valence electrons. The number of carboxylic acid groups (broad SMARTS) is 1. The molecule has 0 fully saturated rings. The number of hydrogen-bond donors (Lipinski definition) is 1. The zero-order valence-corrected chi connectivity index (χ0v) is 21.9. The average molecular weight is 498 g/mol. The molecule has 1 aromatic carbocycles. The molecule has 2 aromatic rings. The van der Waals surface area contributed by atoms with Crippen molar-refractivity contribution in [1.82, 2.24) is 4.31 Å². The lowest BCUT2D eigenvalue weighted by Crippen LogP contribution is -2.52. The molecule has 0 aliphatic carbocycles. The van der Waals surface area contributed by atoms with Crippen molar-refractivity contribution in [2.75, 3.05) is 13.7 Å². The Kier molecular flexibility index (Phi) is 6.93. The van der Waals surface area contributed by atoms with Crippen LogP contribution in [0.1, 0.15) is 37.3 Å². The molecule has 0 saturated heterocycles. The largest absolute Gasteiger partial charge is 0.497 e. The standard InChI is InChI=1S/C22H31NO6S2Si/c1-22(2,3)32(5,6)29-20-17-12-14-30-18(17)11-13-23(19(20)21(24)25)31(26,27)16-9-7-15(28-4)8-10-16/h7-10,12,14,19-20H,11,13H2,1-6H3,(H,24,25)/t19-,20-/m1/s1. The predicted molar refractivity (Wildman–Crippen MR) is 127 cm³/mol. The van der Waals surface area contributed by atoms with Crippen molar-refractivity contribution in [3.8, 4) is 5.75 Å². The minimum Gasteiger partial charge on any atom is -0.497 e. The second-order valence-electron chi connectivity index (χ2n) is 9.42. The van der Waals surface area contributed by atoms with Gasteiger partial charge in [-0.2, -0.15) is 4.31 Å². The lowest BCUT2D eigenvalue weighted by Gasteiger charge is -2.41. The van der Waals surface area contributed by atoms with Gasteiger partial charge in [0, 0.05) is 11.4 Å². The van der Waals surface area contributed by atoms with Gasteiger partial charge >= 0.3 is 5.97 Å². The van der Waals surface area contributed by atoms with E-state index in [2.05, 4.69) is 20.8 Å². The summed E-state index contributed by atoms with van der Waals surface area (Å²) in [5.41, 5.74) is 0.777. The van der Waals surface area contributed by atoms with Crippen molar-refractivity contribution in [2.45, 2.75) is 62.4 Å². The Morgan fingerprint density at radius 2 is 1.81 bits per heavy atom. The molecule has 0 amide bonds. The second kappa shape index (κ2) is 8.90. The maximum Gasteiger partial charge on any atom is 0.325 e. The molecule has 2 heterocycles. The van der Waals surface area contributed by atoms with E-state index in [1.54, 1.807) is 12.1 Å². The third-order valence-electron chi connectivity index (χ3n) is 6.39. The number of carboxylic acids is 1. The minimum absolute atomic E-state index is 0.0286. The smallest absolute Gasteiger partial charge is 0.325 e. The van der Waals surface area contributed by atoms with Crippen LogP contribution in [0.4, 0.5) is 0 Å². The molecule has 2 atom stereocenters. The lowest BCUT2D eigenvalue weighted by molar-refractivity contribution is -0.145. The van der Waals surface area contributed by atoms with E-state index < -0.39 is 36.5 Å². The second-order valence-corrected chi connectivity index (χ2v) is 17.1. The number of methoxy groups -OCH3 is 1. The summed E-state index contributed by atoms with van der Waals surface area (Å²) in [4.78, 5) is 13.6. The average Bonchev–Trinajstić information content (AvgIpc) is 3.11. The van der Waals surface area contributed by atoms with Gasteiger partial charge in [0.25, 0.3) is 0 Å². The van der Waals surface area contributed by atoms with Crippen LogP contribution in [0.25, 0.3) is 0 Å². The first kappa shape index (κ1) is 24.9. The number of aliphatic carboxylic acids is 1. The van der Waals surface area contributed by atoms with Crippen LogP contribution in [-0.4, -0.2) is 51.8 Å². The van der Waals surface area contributed by atoms with E-state index in [-0.39, 0.29) is 16.5 Å². The van der Waals surface area contributed by atoms with E-state index in [4.69, 9.17) is 9.16 Å². The summed E-state index contributed by atoms with van der Waals surface area (Å²) in [5.74, 6) is -0.694. The van der Waals surface area contributed by atoms with Gasteiger partial charge < -0.3 is 14.3 Å². The summed E-state index contributed by atoms with van der Waals surface area (Å²) in [6.07, 6.45) is -0.450. The molecule has 32 heavy (non-hydrogen) atoms. The third-order valence-corrected chi connectivity index (χ3v) is 13.7. The highest BCUT2D eigenvalue weighted by Crippen LogP contribution is 2.44. The fraction of sp³-hybridized carbons (Fsp3) is 0.500. The summed E-state index contributed by atoms with van der Waals surface area (Å²) in [5, 5.41) is 12.0. The highest BCUT2D eigenvalue weighted by molar-refractivity contribution is 7.89. The Morgan fingerprint density at radius 3 is 2.34 bits per heavy atom. The number of fused-ring (bicyclic) bond motifs is 1. The summed E-state index contributed by atoms with van der Waals surface area (Å²) in [6, 6.07) is 6.50. The van der Waals surface area contributed by atoms with Crippen LogP contribution in [0.3, 0.4) is 0 Å². The molecule has 0 saturated carbocycles. The zero-order chi connectivity index (χ0) is 23.9. The first-order valence-corrected chi connectivity index (χ1v) is 15.6. The summed E-state index contributed by atoms with van der Waals surface area (Å²) >= 11 is 1.51. The Balaban J connectivity index is 2.12. The molecule has 7 nitrogen and oxygen atoms in total. The number of hydrogen-bond acceptors (Lipinski definition) is 6. The Bertz CT molecular complexity index is 1070. The van der Waals surface area contributed by atoms with Crippen molar-refractivity contribution in [3.63, 3.8) is 0 Å². The molecule has 0 radical (unpaired) electrons. The molecule has 0 unspecified atom stereocenters. The zero-order valence-electron chi connectivity index (χ0n) is 19.3. The highest BCUT2D eigenvalue weighted by atomic mass is 32.2. The van der Waals surface area contributed by atoms with Crippen LogP contribution in [-0.2, 0) is 25.7 Å². The van der Waals surface area contributed by atoms with Gasteiger partial charge in [-0.1, -0.05) is 20.8 Å². The van der Waals surface area contributed by atoms with Gasteiger partial charge in [-0.15, -0.1) is 11.3 Å². The van der Waals surface area contributed by atoms with Crippen LogP contribution in [0.15, 0.2) is 40.6 Å². The number of rotatable bonds is 6. The van der Waals surface area contributed by atoms with Crippen LogP contribution >= 0.6 is 11.3 Å². The first-order valence-electron chi connectivity index (χ1n) is 10.4. The number of thiophene rings is 1. The van der Waals surface area contributed by atoms with E-state index >= 15 is 0 Å². The molecule has 0 bridgehead atoms. The summed E-state index contributed by atoms with van der Waals surface area (Å²) < 4.78 is 40.1. The van der Waals surface area contributed by atoms with Crippen molar-refractivity contribution in [2.24, 2.45) is 0 Å². The number of sulfonamides is 1. The predicted octanol–water partition coefficient (Wildman–Crippen LogP) is 4.52. The number of ether oxygens (including phenoxy) is 1. The van der Waals surface area contributed by atoms with Crippen molar-refractivity contribution in [3.05, 3.63) is 46.2 Å². The maximum atomic E-state index is 13.6. The van der Waals surface area contributed by atoms with E-state index in [0.717, 1.165) is 14.7 Å². The fourth-order valence-electron chi connectivity index (χ4n) is 3.51. The van der Waals surface area contributed by atoms with E-state index in [1.165, 1.54) is 30.6 Å². The van der Waals surface area contributed by atoms with Gasteiger partial charge in [0.05, 0.1) is 18.1 Å². The van der Waals surface area contributed by atoms with Crippen LogP contribution in [0.5, 0.6) is 5.75 Å². The van der Waals surface area contributed by atoms with Crippen LogP contribution in [0, 0.1) is 0 Å². The van der Waals surface area contributed by atoms with Crippen LogP contribution < -0.4 is 4.74 Å². The van der Waals surface area contributed by atoms with Gasteiger partial charge in [0.2, 0.25) is 10.0 Å². The number of benzene rings is 1. The van der Waals surface area contributed by atoms with Gasteiger partial charge in [-0.3, -0.25) is 4.79 Å². The Hall–Kier alpha value is -1.72. The monoisotopic (exact) mass is 497 g/mol. The van der Waals surface area contributed by atoms with Crippen molar-refractivity contribution < 1.29 is 27.5 Å². The van der Waals surface area contributed by atoms with Gasteiger partial charge in [-0.05, 0) is 65.8 Å². The first-order chi connectivity index (χ1) is 14.8. The molecule has 10 heteroatoms.